The average molecular weight is 790 g/mol. The highest BCUT2D eigenvalue weighted by Crippen LogP contribution is 2.54. The van der Waals surface area contributed by atoms with Crippen LogP contribution in [0.1, 0.15) is 36.1 Å². The molecule has 288 valence electrons. The highest BCUT2D eigenvalue weighted by atomic mass is 15.0. The Bertz CT molecular complexity index is 3990. The van der Waals surface area contributed by atoms with Gasteiger partial charge in [0.25, 0.3) is 0 Å². The molecular formula is C57H35N5. The number of fused-ring (bicyclic) bond motifs is 15. The summed E-state index contributed by atoms with van der Waals surface area (Å²) < 4.78 is 6.76. The molecule has 0 radical (unpaired) electrons. The maximum atomic E-state index is 11.2. The van der Waals surface area contributed by atoms with Gasteiger partial charge in [-0.1, -0.05) is 129 Å². The van der Waals surface area contributed by atoms with Crippen molar-refractivity contribution in [3.8, 4) is 40.3 Å². The largest absolute Gasteiger partial charge is 0.309 e. The summed E-state index contributed by atoms with van der Waals surface area (Å²) in [7, 11) is 0. The number of hydrogen-bond donors (Lipinski definition) is 0. The van der Waals surface area contributed by atoms with E-state index in [1.54, 1.807) is 0 Å². The second kappa shape index (κ2) is 12.3. The van der Waals surface area contributed by atoms with Gasteiger partial charge < -0.3 is 13.7 Å². The molecule has 0 saturated heterocycles. The Morgan fingerprint density at radius 2 is 0.919 bits per heavy atom. The van der Waals surface area contributed by atoms with E-state index in [0.29, 0.717) is 22.5 Å². The summed E-state index contributed by atoms with van der Waals surface area (Å²) in [6.45, 7) is 4.66. The third-order valence-corrected chi connectivity index (χ3v) is 13.7. The molecule has 0 atom stereocenters. The first-order valence-corrected chi connectivity index (χ1v) is 21.1. The summed E-state index contributed by atoms with van der Waals surface area (Å²) in [5.74, 6) is 0. The molecule has 0 spiro atoms. The van der Waals surface area contributed by atoms with Crippen molar-refractivity contribution in [2.75, 3.05) is 0 Å². The van der Waals surface area contributed by atoms with Crippen molar-refractivity contribution in [1.29, 1.82) is 10.5 Å². The lowest BCUT2D eigenvalue weighted by Crippen LogP contribution is -2.15. The fourth-order valence-corrected chi connectivity index (χ4v) is 11.1. The molecule has 0 aliphatic heterocycles. The first-order chi connectivity index (χ1) is 30.5. The van der Waals surface area contributed by atoms with Gasteiger partial charge >= 0.3 is 0 Å². The van der Waals surface area contributed by atoms with Crippen LogP contribution in [0.3, 0.4) is 0 Å². The van der Waals surface area contributed by atoms with Gasteiger partial charge in [-0.05, 0) is 93.7 Å². The first kappa shape index (κ1) is 34.5. The number of nitrogens with zero attached hydrogens (tertiary/aromatic N) is 5. The molecule has 0 unspecified atom stereocenters. The normalized spacial score (nSPS) is 13.1. The monoisotopic (exact) mass is 789 g/mol. The lowest BCUT2D eigenvalue weighted by Gasteiger charge is -2.22. The van der Waals surface area contributed by atoms with Crippen molar-refractivity contribution < 1.29 is 0 Å². The van der Waals surface area contributed by atoms with Gasteiger partial charge in [-0.25, -0.2) is 0 Å². The number of rotatable bonds is 3. The molecule has 3 heterocycles. The predicted octanol–water partition coefficient (Wildman–Crippen LogP) is 14.2. The Kier molecular flexibility index (Phi) is 6.86. The van der Waals surface area contributed by atoms with Crippen molar-refractivity contribution in [3.63, 3.8) is 0 Å². The van der Waals surface area contributed by atoms with Gasteiger partial charge in [0.05, 0.1) is 55.6 Å². The minimum Gasteiger partial charge on any atom is -0.309 e. The van der Waals surface area contributed by atoms with Crippen LogP contribution >= 0.6 is 0 Å². The molecule has 0 amide bonds. The van der Waals surface area contributed by atoms with E-state index >= 15 is 0 Å². The number of benzene rings is 9. The molecule has 1 aliphatic carbocycles. The van der Waals surface area contributed by atoms with E-state index in [1.807, 2.05) is 18.2 Å². The summed E-state index contributed by atoms with van der Waals surface area (Å²) >= 11 is 0. The van der Waals surface area contributed by atoms with Crippen molar-refractivity contribution >= 4 is 76.2 Å². The van der Waals surface area contributed by atoms with Gasteiger partial charge in [0, 0.05) is 43.4 Å². The third-order valence-electron chi connectivity index (χ3n) is 13.7. The number of hydrogen-bond acceptors (Lipinski definition) is 2. The zero-order chi connectivity index (χ0) is 41.4. The molecule has 9 aromatic carbocycles. The molecule has 12 aromatic rings. The van der Waals surface area contributed by atoms with Crippen LogP contribution in [0.5, 0.6) is 0 Å². The molecule has 0 N–H and O–H groups in total. The molecule has 1 aliphatic rings. The van der Waals surface area contributed by atoms with Gasteiger partial charge in [0.15, 0.2) is 0 Å². The molecular weight excluding hydrogens is 755 g/mol. The maximum Gasteiger partial charge on any atom is 0.101 e. The molecule has 5 nitrogen and oxygen atoms in total. The SMILES string of the molecule is CC1(C)c2ccccc2-c2ccc3c(c21)c1cc(-n2c4ccccc4c4ccccc42)ccc1n3-c1cc(C#N)c(-n2c3ccccc3c3c4ccccc4ccc32)cc1C#N. The standard InChI is InChI=1S/C57H35N5/c1-57(2)45-19-9-5-15-39(45)42-25-28-51-55(56(42)57)44-31-37(60-46-20-10-6-16-40(46)41-17-7-11-21-47(41)60)24-27-49(44)62(51)53-30-35(32-58)52(29-36(53)33-59)61-48-22-12-8-18-43(48)54-38-14-4-3-13-34(38)23-26-50(54)61/h3-31H,1-2H3. The van der Waals surface area contributed by atoms with Crippen LogP contribution in [0.2, 0.25) is 0 Å². The van der Waals surface area contributed by atoms with Crippen LogP contribution < -0.4 is 0 Å². The fraction of sp³-hybridized carbons (Fsp3) is 0.0526. The smallest absolute Gasteiger partial charge is 0.101 e. The lowest BCUT2D eigenvalue weighted by atomic mass is 9.80. The highest BCUT2D eigenvalue weighted by molar-refractivity contribution is 6.21. The average Bonchev–Trinajstić information content (AvgIpc) is 4.02. The number of para-hydroxylation sites is 3. The van der Waals surface area contributed by atoms with Crippen molar-refractivity contribution in [2.24, 2.45) is 0 Å². The van der Waals surface area contributed by atoms with Crippen LogP contribution in [0, 0.1) is 22.7 Å². The van der Waals surface area contributed by atoms with E-state index in [1.165, 1.54) is 33.0 Å². The summed E-state index contributed by atoms with van der Waals surface area (Å²) in [6, 6.07) is 67.3. The van der Waals surface area contributed by atoms with Crippen molar-refractivity contribution in [1.82, 2.24) is 13.7 Å². The van der Waals surface area contributed by atoms with E-state index in [0.717, 1.165) is 71.1 Å². The first-order valence-electron chi connectivity index (χ1n) is 21.1. The zero-order valence-electron chi connectivity index (χ0n) is 34.0. The maximum absolute atomic E-state index is 11.2. The molecule has 13 rings (SSSR count). The Morgan fingerprint density at radius 1 is 0.403 bits per heavy atom. The molecule has 0 fully saturated rings. The topological polar surface area (TPSA) is 62.4 Å². The molecule has 5 heteroatoms. The Hall–Kier alpha value is -8.38. The Balaban J connectivity index is 1.13. The molecule has 62 heavy (non-hydrogen) atoms. The van der Waals surface area contributed by atoms with Gasteiger partial charge in [-0.15, -0.1) is 0 Å². The third kappa shape index (κ3) is 4.39. The quantitative estimate of drug-likeness (QED) is 0.179. The van der Waals surface area contributed by atoms with Crippen LogP contribution in [0.15, 0.2) is 176 Å². The zero-order valence-corrected chi connectivity index (χ0v) is 34.0. The second-order valence-corrected chi connectivity index (χ2v) is 17.1. The van der Waals surface area contributed by atoms with Crippen molar-refractivity contribution in [3.05, 3.63) is 198 Å². The van der Waals surface area contributed by atoms with Crippen LogP contribution in [0.25, 0.3) is 104 Å². The van der Waals surface area contributed by atoms with E-state index in [9.17, 15) is 10.5 Å². The molecule has 3 aromatic heterocycles. The number of aromatic nitrogens is 3. The Morgan fingerprint density at radius 3 is 1.60 bits per heavy atom. The van der Waals surface area contributed by atoms with E-state index in [2.05, 4.69) is 197 Å². The van der Waals surface area contributed by atoms with Gasteiger partial charge in [-0.2, -0.15) is 10.5 Å². The summed E-state index contributed by atoms with van der Waals surface area (Å²) in [6.07, 6.45) is 0. The fourth-order valence-electron chi connectivity index (χ4n) is 11.1. The number of nitriles is 2. The van der Waals surface area contributed by atoms with E-state index in [4.69, 9.17) is 0 Å². The molecule has 0 bridgehead atoms. The highest BCUT2D eigenvalue weighted by Gasteiger charge is 2.38. The summed E-state index contributed by atoms with van der Waals surface area (Å²) in [5, 5.41) is 31.5. The van der Waals surface area contributed by atoms with E-state index in [-0.39, 0.29) is 5.41 Å². The van der Waals surface area contributed by atoms with Gasteiger partial charge in [0.1, 0.15) is 12.1 Å². The second-order valence-electron chi connectivity index (χ2n) is 17.1. The van der Waals surface area contributed by atoms with Crippen LogP contribution in [-0.2, 0) is 5.41 Å². The molecule has 0 saturated carbocycles. The van der Waals surface area contributed by atoms with Crippen LogP contribution in [-0.4, -0.2) is 13.7 Å². The minimum atomic E-state index is -0.298. The predicted molar refractivity (Wildman–Crippen MR) is 254 cm³/mol. The van der Waals surface area contributed by atoms with Gasteiger partial charge in [0.2, 0.25) is 0 Å². The lowest BCUT2D eigenvalue weighted by molar-refractivity contribution is 0.666. The minimum absolute atomic E-state index is 0.298. The van der Waals surface area contributed by atoms with Gasteiger partial charge in [-0.3, -0.25) is 0 Å². The van der Waals surface area contributed by atoms with Crippen molar-refractivity contribution in [2.45, 2.75) is 19.3 Å². The Labute approximate surface area is 356 Å². The van der Waals surface area contributed by atoms with E-state index < -0.39 is 0 Å². The summed E-state index contributed by atoms with van der Waals surface area (Å²) in [5.41, 5.74) is 14.4. The summed E-state index contributed by atoms with van der Waals surface area (Å²) in [4.78, 5) is 0. The van der Waals surface area contributed by atoms with Crippen LogP contribution in [0.4, 0.5) is 0 Å².